The number of hydrogen-bond acceptors (Lipinski definition) is 6. The van der Waals surface area contributed by atoms with Crippen molar-refractivity contribution in [2.24, 2.45) is 0 Å². The molecule has 0 aliphatic rings. The Morgan fingerprint density at radius 1 is 1.14 bits per heavy atom. The predicted octanol–water partition coefficient (Wildman–Crippen LogP) is 3.84. The number of carbonyl (C=O) groups is 1. The summed E-state index contributed by atoms with van der Waals surface area (Å²) in [4.78, 5) is 19.6. The highest BCUT2D eigenvalue weighted by atomic mass is 32.2. The molecule has 0 saturated carbocycles. The van der Waals surface area contributed by atoms with Crippen LogP contribution >= 0.6 is 11.3 Å². The Hall–Kier alpha value is -2.61. The summed E-state index contributed by atoms with van der Waals surface area (Å²) < 4.78 is 88.8. The fourth-order valence-electron chi connectivity index (χ4n) is 1.99. The summed E-state index contributed by atoms with van der Waals surface area (Å²) in [5.41, 5.74) is -0.218. The Kier molecular flexibility index (Phi) is 6.03. The van der Waals surface area contributed by atoms with Crippen molar-refractivity contribution in [3.05, 3.63) is 40.3 Å². The van der Waals surface area contributed by atoms with Crippen LogP contribution in [0.15, 0.2) is 27.5 Å². The third-order valence-corrected chi connectivity index (χ3v) is 5.80. The summed E-state index contributed by atoms with van der Waals surface area (Å²) >= 11 is 0.296. The fourth-order valence-corrected chi connectivity index (χ4v) is 4.23. The number of carbonyl (C=O) groups excluding carboxylic acids is 1. The summed E-state index contributed by atoms with van der Waals surface area (Å²) in [5, 5.41) is 2.96. The molecule has 2 aromatic rings. The van der Waals surface area contributed by atoms with Crippen molar-refractivity contribution in [2.75, 3.05) is 5.32 Å². The lowest BCUT2D eigenvalue weighted by Crippen LogP contribution is -2.35. The number of hydrogen-bond donors (Lipinski definition) is 2. The van der Waals surface area contributed by atoms with Crippen LogP contribution in [0.5, 0.6) is 0 Å². The molecule has 2 heterocycles. The van der Waals surface area contributed by atoms with Crippen LogP contribution < -0.4 is 10.0 Å². The van der Waals surface area contributed by atoms with Crippen LogP contribution in [-0.4, -0.2) is 30.6 Å². The highest BCUT2D eigenvalue weighted by Crippen LogP contribution is 2.38. The maximum atomic E-state index is 13.8. The largest absolute Gasteiger partial charge is 0.445 e. The summed E-state index contributed by atoms with van der Waals surface area (Å²) in [5.74, 6) is -5.73. The van der Waals surface area contributed by atoms with Crippen molar-refractivity contribution in [1.29, 1.82) is 0 Å². The molecule has 0 unspecified atom stereocenters. The van der Waals surface area contributed by atoms with E-state index < -0.39 is 43.7 Å². The summed E-state index contributed by atoms with van der Waals surface area (Å²) in [6.45, 7) is 3.19. The van der Waals surface area contributed by atoms with Gasteiger partial charge < -0.3 is 0 Å². The van der Waals surface area contributed by atoms with Crippen molar-refractivity contribution < 1.29 is 35.2 Å². The van der Waals surface area contributed by atoms with Gasteiger partial charge in [-0.1, -0.05) is 0 Å². The number of rotatable bonds is 4. The quantitative estimate of drug-likeness (QED) is 0.701. The Bertz CT molecular complexity index is 1030. The monoisotopic (exact) mass is 442 g/mol. The number of allylic oxidation sites excluding steroid dienone is 1. The normalized spacial score (nSPS) is 13.1. The van der Waals surface area contributed by atoms with Crippen LogP contribution in [0.1, 0.15) is 17.0 Å². The molecule has 2 N–H and O–H groups in total. The molecule has 0 aromatic carbocycles. The Balaban J connectivity index is 2.29. The molecule has 0 aliphatic heterocycles. The second-order valence-electron chi connectivity index (χ2n) is 5.28. The van der Waals surface area contributed by atoms with Crippen molar-refractivity contribution >= 4 is 39.2 Å². The number of sulfonamides is 1. The average molecular weight is 442 g/mol. The number of alkyl halides is 3. The van der Waals surface area contributed by atoms with E-state index in [9.17, 15) is 35.2 Å². The zero-order valence-corrected chi connectivity index (χ0v) is 15.7. The molecule has 28 heavy (non-hydrogen) atoms. The molecule has 0 aliphatic carbocycles. The number of anilines is 1. The smallest absolute Gasteiger partial charge is 0.275 e. The lowest BCUT2D eigenvalue weighted by atomic mass is 10.2. The molecular weight excluding hydrogens is 431 g/mol. The zero-order chi connectivity index (χ0) is 21.3. The van der Waals surface area contributed by atoms with Crippen LogP contribution in [0.4, 0.5) is 32.7 Å². The van der Waals surface area contributed by atoms with Crippen molar-refractivity contribution in [3.63, 3.8) is 0 Å². The number of nitrogens with one attached hydrogen (secondary N) is 2. The fraction of sp³-hybridized carbons (Fsp3) is 0.214. The van der Waals surface area contributed by atoms with E-state index in [1.165, 1.54) is 4.72 Å². The van der Waals surface area contributed by atoms with Gasteiger partial charge in [0.05, 0.1) is 0 Å². The molecule has 0 fully saturated rings. The SMILES string of the molecule is Cc1cc(C)nc(NC(=O)NS(=O)(=O)c2sccc2C(F)=C(F)C(F)(F)F)n1. The molecule has 152 valence electrons. The van der Waals surface area contributed by atoms with Crippen molar-refractivity contribution in [1.82, 2.24) is 14.7 Å². The topological polar surface area (TPSA) is 101 Å². The van der Waals surface area contributed by atoms with Gasteiger partial charge in [0.15, 0.2) is 10.0 Å². The lowest BCUT2D eigenvalue weighted by molar-refractivity contribution is -0.108. The molecule has 2 aromatic heterocycles. The number of urea groups is 1. The van der Waals surface area contributed by atoms with E-state index in [-0.39, 0.29) is 5.95 Å². The minimum absolute atomic E-state index is 0.231. The van der Waals surface area contributed by atoms with Crippen LogP contribution in [0, 0.1) is 13.8 Å². The van der Waals surface area contributed by atoms with Crippen molar-refractivity contribution in [2.45, 2.75) is 24.2 Å². The first-order valence-electron chi connectivity index (χ1n) is 7.17. The molecule has 0 saturated heterocycles. The van der Waals surface area contributed by atoms with Crippen molar-refractivity contribution in [3.8, 4) is 0 Å². The van der Waals surface area contributed by atoms with Gasteiger partial charge >= 0.3 is 12.2 Å². The highest BCUT2D eigenvalue weighted by molar-refractivity contribution is 7.92. The lowest BCUT2D eigenvalue weighted by Gasteiger charge is -2.09. The molecule has 0 spiro atoms. The second-order valence-corrected chi connectivity index (χ2v) is 8.08. The number of aromatic nitrogens is 2. The van der Waals surface area contributed by atoms with E-state index in [0.717, 1.165) is 5.38 Å². The molecule has 2 amide bonds. The first-order valence-corrected chi connectivity index (χ1v) is 9.54. The van der Waals surface area contributed by atoms with E-state index in [1.54, 1.807) is 19.9 Å². The summed E-state index contributed by atoms with van der Waals surface area (Å²) in [7, 11) is -4.82. The van der Waals surface area contributed by atoms with Gasteiger partial charge in [-0.15, -0.1) is 11.3 Å². The highest BCUT2D eigenvalue weighted by Gasteiger charge is 2.40. The van der Waals surface area contributed by atoms with Gasteiger partial charge in [0.2, 0.25) is 11.8 Å². The Morgan fingerprint density at radius 2 is 1.71 bits per heavy atom. The van der Waals surface area contributed by atoms with Gasteiger partial charge in [-0.05, 0) is 31.4 Å². The zero-order valence-electron chi connectivity index (χ0n) is 14.1. The second kappa shape index (κ2) is 7.79. The maximum absolute atomic E-state index is 13.8. The van der Waals surface area contributed by atoms with E-state index in [0.29, 0.717) is 28.8 Å². The summed E-state index contributed by atoms with van der Waals surface area (Å²) in [6.07, 6.45) is -5.64. The van der Waals surface area contributed by atoms with Gasteiger partial charge in [0, 0.05) is 17.0 Å². The minimum atomic E-state index is -5.64. The van der Waals surface area contributed by atoms with E-state index in [4.69, 9.17) is 0 Å². The Morgan fingerprint density at radius 3 is 2.25 bits per heavy atom. The molecule has 0 radical (unpaired) electrons. The number of thiophene rings is 1. The molecule has 0 bridgehead atoms. The van der Waals surface area contributed by atoms with Gasteiger partial charge in [0.1, 0.15) is 0 Å². The summed E-state index contributed by atoms with van der Waals surface area (Å²) in [6, 6.07) is 0.886. The first-order chi connectivity index (χ1) is 12.8. The van der Waals surface area contributed by atoms with Crippen LogP contribution in [-0.2, 0) is 10.0 Å². The number of nitrogens with zero attached hydrogens (tertiary/aromatic N) is 2. The van der Waals surface area contributed by atoms with Gasteiger partial charge in [-0.25, -0.2) is 32.3 Å². The first kappa shape index (κ1) is 21.7. The van der Waals surface area contributed by atoms with Crippen LogP contribution in [0.3, 0.4) is 0 Å². The standard InChI is InChI=1S/C14H11F5N4O3S2/c1-6-5-7(2)21-12(20-6)22-13(24)23-28(25,26)11-8(3-4-27-11)9(15)10(16)14(17,18)19/h3-5H,1-2H3,(H2,20,21,22,23,24). The van der Waals surface area contributed by atoms with Gasteiger partial charge in [0.25, 0.3) is 10.0 Å². The molecule has 14 heteroatoms. The Labute approximate surface area is 159 Å². The van der Waals surface area contributed by atoms with Crippen LogP contribution in [0.2, 0.25) is 0 Å². The van der Waals surface area contributed by atoms with Gasteiger partial charge in [-0.3, -0.25) is 5.32 Å². The molecule has 0 atom stereocenters. The van der Waals surface area contributed by atoms with Crippen LogP contribution in [0.25, 0.3) is 5.83 Å². The predicted molar refractivity (Wildman–Crippen MR) is 90.4 cm³/mol. The third kappa shape index (κ3) is 5.01. The number of aryl methyl sites for hydroxylation is 2. The van der Waals surface area contributed by atoms with Gasteiger partial charge in [-0.2, -0.15) is 17.6 Å². The number of halogens is 5. The van der Waals surface area contributed by atoms with E-state index in [1.807, 2.05) is 5.32 Å². The molecule has 2 rings (SSSR count). The average Bonchev–Trinajstić information content (AvgIpc) is 3.01. The maximum Gasteiger partial charge on any atom is 0.445 e. The van der Waals surface area contributed by atoms with E-state index in [2.05, 4.69) is 9.97 Å². The van der Waals surface area contributed by atoms with E-state index >= 15 is 0 Å². The number of amides is 2. The molecular formula is C14H11F5N4O3S2. The molecule has 7 nitrogen and oxygen atoms in total. The third-order valence-electron chi connectivity index (χ3n) is 2.99. The minimum Gasteiger partial charge on any atom is -0.275 e.